The Balaban J connectivity index is 1.41. The van der Waals surface area contributed by atoms with Crippen molar-refractivity contribution in [2.24, 2.45) is 10.9 Å². The van der Waals surface area contributed by atoms with Gasteiger partial charge in [-0.1, -0.05) is 36.4 Å². The third-order valence-electron chi connectivity index (χ3n) is 5.20. The number of nitrogens with one attached hydrogen (secondary N) is 3. The Hall–Kier alpha value is -3.09. The van der Waals surface area contributed by atoms with Gasteiger partial charge in [-0.25, -0.2) is 4.39 Å². The van der Waals surface area contributed by atoms with E-state index in [2.05, 4.69) is 20.9 Å². The first kappa shape index (κ1) is 22.6. The Kier molecular flexibility index (Phi) is 8.27. The molecule has 0 heterocycles. The van der Waals surface area contributed by atoms with Gasteiger partial charge in [-0.3, -0.25) is 9.79 Å². The van der Waals surface area contributed by atoms with Gasteiger partial charge in [0.05, 0.1) is 19.2 Å². The second-order valence-corrected chi connectivity index (χ2v) is 7.82. The highest BCUT2D eigenvalue weighted by molar-refractivity contribution is 5.86. The van der Waals surface area contributed by atoms with Crippen LogP contribution in [0, 0.1) is 11.7 Å². The highest BCUT2D eigenvalue weighted by atomic mass is 19.1. The number of aliphatic imine (C=N–C) groups is 1. The fraction of sp³-hybridized carbons (Fsp3) is 0.417. The maximum Gasteiger partial charge on any atom is 0.239 e. The molecule has 166 valence electrons. The van der Waals surface area contributed by atoms with Gasteiger partial charge in [-0.2, -0.15) is 0 Å². The zero-order valence-electron chi connectivity index (χ0n) is 18.2. The number of ether oxygens (including phenoxy) is 1. The smallest absolute Gasteiger partial charge is 0.239 e. The maximum atomic E-state index is 14.3. The summed E-state index contributed by atoms with van der Waals surface area (Å²) >= 11 is 0. The molecule has 1 saturated carbocycles. The van der Waals surface area contributed by atoms with Gasteiger partial charge in [0, 0.05) is 13.6 Å². The van der Waals surface area contributed by atoms with E-state index in [0.717, 1.165) is 24.8 Å². The largest absolute Gasteiger partial charge is 0.490 e. The normalized spacial score (nSPS) is 14.6. The number of guanidine groups is 1. The maximum absolute atomic E-state index is 14.3. The molecule has 31 heavy (non-hydrogen) atoms. The average molecular weight is 427 g/mol. The van der Waals surface area contributed by atoms with E-state index in [1.807, 2.05) is 43.3 Å². The van der Waals surface area contributed by atoms with Crippen LogP contribution in [-0.4, -0.2) is 38.6 Å². The topological polar surface area (TPSA) is 74.8 Å². The standard InChI is InChI=1S/C24H31FN4O2/c1-17(20-10-11-22(21(25)14-20)31-16-19-8-9-19)29-24(26-2)28-15-23(30)27-13-12-18-6-4-3-5-7-18/h3-7,10-11,14,17,19H,8-9,12-13,15-16H2,1-2H3,(H,27,30)(H2,26,28,29). The number of carbonyl (C=O) groups excluding carboxylic acids is 1. The summed E-state index contributed by atoms with van der Waals surface area (Å²) in [4.78, 5) is 16.2. The summed E-state index contributed by atoms with van der Waals surface area (Å²) in [6.07, 6.45) is 3.11. The monoisotopic (exact) mass is 426 g/mol. The lowest BCUT2D eigenvalue weighted by atomic mass is 10.1. The van der Waals surface area contributed by atoms with Gasteiger partial charge in [-0.05, 0) is 55.4 Å². The Morgan fingerprint density at radius 1 is 1.19 bits per heavy atom. The lowest BCUT2D eigenvalue weighted by Crippen LogP contribution is -2.44. The molecule has 0 bridgehead atoms. The van der Waals surface area contributed by atoms with Gasteiger partial charge in [0.15, 0.2) is 17.5 Å². The van der Waals surface area contributed by atoms with Crippen molar-refractivity contribution in [1.29, 1.82) is 0 Å². The second kappa shape index (κ2) is 11.3. The molecule has 1 aliphatic rings. The molecule has 1 amide bonds. The predicted molar refractivity (Wildman–Crippen MR) is 121 cm³/mol. The minimum Gasteiger partial charge on any atom is -0.490 e. The van der Waals surface area contributed by atoms with Crippen LogP contribution in [-0.2, 0) is 11.2 Å². The molecule has 6 nitrogen and oxygen atoms in total. The summed E-state index contributed by atoms with van der Waals surface area (Å²) in [5, 5.41) is 9.06. The molecule has 0 radical (unpaired) electrons. The first-order valence-corrected chi connectivity index (χ1v) is 10.7. The van der Waals surface area contributed by atoms with Gasteiger partial charge in [0.25, 0.3) is 0 Å². The van der Waals surface area contributed by atoms with Crippen molar-refractivity contribution < 1.29 is 13.9 Å². The van der Waals surface area contributed by atoms with E-state index in [9.17, 15) is 9.18 Å². The van der Waals surface area contributed by atoms with Crippen molar-refractivity contribution in [3.8, 4) is 5.75 Å². The molecular weight excluding hydrogens is 395 g/mol. The lowest BCUT2D eigenvalue weighted by Gasteiger charge is -2.19. The van der Waals surface area contributed by atoms with Crippen molar-refractivity contribution in [3.05, 3.63) is 65.5 Å². The number of benzene rings is 2. The predicted octanol–water partition coefficient (Wildman–Crippen LogP) is 3.20. The SMILES string of the molecule is CN=C(NCC(=O)NCCc1ccccc1)NC(C)c1ccc(OCC2CC2)c(F)c1. The van der Waals surface area contributed by atoms with E-state index in [1.54, 1.807) is 13.1 Å². The fourth-order valence-corrected chi connectivity index (χ4v) is 3.10. The molecule has 2 aromatic carbocycles. The van der Waals surface area contributed by atoms with Crippen molar-refractivity contribution in [3.63, 3.8) is 0 Å². The number of rotatable bonds is 10. The molecule has 1 fully saturated rings. The highest BCUT2D eigenvalue weighted by Gasteiger charge is 2.22. The van der Waals surface area contributed by atoms with Crippen LogP contribution >= 0.6 is 0 Å². The van der Waals surface area contributed by atoms with Gasteiger partial charge in [0.2, 0.25) is 5.91 Å². The third kappa shape index (κ3) is 7.59. The number of carbonyl (C=O) groups is 1. The zero-order chi connectivity index (χ0) is 22.1. The highest BCUT2D eigenvalue weighted by Crippen LogP contribution is 2.30. The first-order valence-electron chi connectivity index (χ1n) is 10.7. The Morgan fingerprint density at radius 2 is 1.97 bits per heavy atom. The summed E-state index contributed by atoms with van der Waals surface area (Å²) in [6, 6.07) is 14.8. The minimum atomic E-state index is -0.368. The Bertz CT molecular complexity index is 884. The summed E-state index contributed by atoms with van der Waals surface area (Å²) in [5.74, 6) is 0.851. The molecule has 7 heteroatoms. The first-order chi connectivity index (χ1) is 15.0. The van der Waals surface area contributed by atoms with E-state index in [4.69, 9.17) is 4.74 Å². The summed E-state index contributed by atoms with van der Waals surface area (Å²) in [6.45, 7) is 3.16. The molecule has 0 saturated heterocycles. The average Bonchev–Trinajstić information content (AvgIpc) is 3.61. The van der Waals surface area contributed by atoms with Crippen molar-refractivity contribution in [2.45, 2.75) is 32.2 Å². The Labute approximate surface area is 183 Å². The van der Waals surface area contributed by atoms with Crippen LogP contribution in [0.25, 0.3) is 0 Å². The fourth-order valence-electron chi connectivity index (χ4n) is 3.10. The lowest BCUT2D eigenvalue weighted by molar-refractivity contribution is -0.119. The van der Waals surface area contributed by atoms with Gasteiger partial charge < -0.3 is 20.7 Å². The van der Waals surface area contributed by atoms with Crippen molar-refractivity contribution >= 4 is 11.9 Å². The second-order valence-electron chi connectivity index (χ2n) is 7.82. The molecule has 1 aliphatic carbocycles. The molecule has 0 spiro atoms. The molecular formula is C24H31FN4O2. The quantitative estimate of drug-likeness (QED) is 0.403. The number of halogens is 1. The van der Waals surface area contributed by atoms with E-state index in [0.29, 0.717) is 25.0 Å². The molecule has 3 rings (SSSR count). The number of hydrogen-bond acceptors (Lipinski definition) is 3. The van der Waals surface area contributed by atoms with Crippen LogP contribution in [0.4, 0.5) is 4.39 Å². The molecule has 1 atom stereocenters. The van der Waals surface area contributed by atoms with E-state index in [-0.39, 0.29) is 30.1 Å². The number of nitrogens with zero attached hydrogens (tertiary/aromatic N) is 1. The van der Waals surface area contributed by atoms with Crippen molar-refractivity contribution in [2.75, 3.05) is 26.7 Å². The van der Waals surface area contributed by atoms with Gasteiger partial charge in [-0.15, -0.1) is 0 Å². The molecule has 1 unspecified atom stereocenters. The zero-order valence-corrected chi connectivity index (χ0v) is 18.2. The van der Waals surface area contributed by atoms with Crippen LogP contribution in [0.15, 0.2) is 53.5 Å². The minimum absolute atomic E-state index is 0.101. The van der Waals surface area contributed by atoms with Crippen LogP contribution in [0.3, 0.4) is 0 Å². The van der Waals surface area contributed by atoms with Gasteiger partial charge >= 0.3 is 0 Å². The molecule has 3 N–H and O–H groups in total. The third-order valence-corrected chi connectivity index (χ3v) is 5.20. The van der Waals surface area contributed by atoms with Crippen molar-refractivity contribution in [1.82, 2.24) is 16.0 Å². The molecule has 0 aliphatic heterocycles. The number of amides is 1. The Morgan fingerprint density at radius 3 is 2.65 bits per heavy atom. The number of hydrogen-bond donors (Lipinski definition) is 3. The van der Waals surface area contributed by atoms with E-state index < -0.39 is 0 Å². The van der Waals surface area contributed by atoms with Crippen LogP contribution in [0.5, 0.6) is 5.75 Å². The summed E-state index contributed by atoms with van der Waals surface area (Å²) in [5.41, 5.74) is 1.95. The van der Waals surface area contributed by atoms with Crippen LogP contribution in [0.2, 0.25) is 0 Å². The van der Waals surface area contributed by atoms with E-state index >= 15 is 0 Å². The molecule has 0 aromatic heterocycles. The van der Waals surface area contributed by atoms with Crippen LogP contribution < -0.4 is 20.7 Å². The van der Waals surface area contributed by atoms with Crippen LogP contribution in [0.1, 0.15) is 36.9 Å². The van der Waals surface area contributed by atoms with Gasteiger partial charge in [0.1, 0.15) is 0 Å². The summed E-state index contributed by atoms with van der Waals surface area (Å²) < 4.78 is 19.9. The molecule has 2 aromatic rings. The van der Waals surface area contributed by atoms with E-state index in [1.165, 1.54) is 11.6 Å². The summed E-state index contributed by atoms with van der Waals surface area (Å²) in [7, 11) is 1.63.